The molecule has 3 atom stereocenters. The number of epoxide rings is 1. The van der Waals surface area contributed by atoms with Crippen LogP contribution in [0.15, 0.2) is 54.6 Å². The molecular formula is C33H50N4O8. The number of hydrogen-bond acceptors (Lipinski definition) is 9. The molecule has 0 unspecified atom stereocenters. The first-order valence-electron chi connectivity index (χ1n) is 15.2. The largest absolute Gasteiger partial charge is 0.497 e. The number of rotatable bonds is 13. The van der Waals surface area contributed by atoms with E-state index in [1.54, 1.807) is 14.0 Å². The van der Waals surface area contributed by atoms with Crippen molar-refractivity contribution in [3.8, 4) is 5.75 Å². The van der Waals surface area contributed by atoms with Crippen molar-refractivity contribution in [1.82, 2.24) is 20.9 Å². The van der Waals surface area contributed by atoms with Crippen molar-refractivity contribution in [1.29, 1.82) is 0 Å². The lowest BCUT2D eigenvalue weighted by atomic mass is 9.95. The van der Waals surface area contributed by atoms with Crippen LogP contribution in [0.1, 0.15) is 22.3 Å². The Balaban J connectivity index is 0.000000835. The molecule has 12 nitrogen and oxygen atoms in total. The molecule has 3 fully saturated rings. The summed E-state index contributed by atoms with van der Waals surface area (Å²) < 4.78 is 20.8. The first-order chi connectivity index (χ1) is 21.7. The van der Waals surface area contributed by atoms with Gasteiger partial charge in [0.05, 0.1) is 59.3 Å². The zero-order valence-electron chi connectivity index (χ0n) is 26.2. The number of Topliss-reactive ketones (excluding diaryl/α,β-unsaturated/α-hetero) is 1. The highest BCUT2D eigenvalue weighted by Gasteiger charge is 2.50. The van der Waals surface area contributed by atoms with Gasteiger partial charge >= 0.3 is 0 Å². The summed E-state index contributed by atoms with van der Waals surface area (Å²) in [6.45, 7) is 7.09. The second kappa shape index (κ2) is 16.5. The Bertz CT molecular complexity index is 1290. The number of nitrogens with one attached hydrogen (secondary N) is 3. The van der Waals surface area contributed by atoms with Crippen LogP contribution in [0.4, 0.5) is 0 Å². The summed E-state index contributed by atoms with van der Waals surface area (Å²) in [7, 11) is 1.67. The molecule has 0 radical (unpaired) electrons. The summed E-state index contributed by atoms with van der Waals surface area (Å²) in [6, 6.07) is 15.8. The van der Waals surface area contributed by atoms with E-state index >= 15 is 0 Å². The van der Waals surface area contributed by atoms with Gasteiger partial charge in [-0.2, -0.15) is 0 Å². The summed E-state index contributed by atoms with van der Waals surface area (Å²) >= 11 is 0. The van der Waals surface area contributed by atoms with E-state index in [9.17, 15) is 19.2 Å². The Morgan fingerprint density at radius 3 is 2.22 bits per heavy atom. The van der Waals surface area contributed by atoms with Gasteiger partial charge in [-0.3, -0.25) is 24.1 Å². The molecule has 3 amide bonds. The number of aryl methyl sites for hydroxylation is 1. The quantitative estimate of drug-likeness (QED) is 0.279. The summed E-state index contributed by atoms with van der Waals surface area (Å²) in [5, 5.41) is 8.14. The fourth-order valence-corrected chi connectivity index (χ4v) is 4.90. The van der Waals surface area contributed by atoms with Crippen LogP contribution in [0.3, 0.4) is 0 Å². The summed E-state index contributed by atoms with van der Waals surface area (Å²) in [4.78, 5) is 53.1. The van der Waals surface area contributed by atoms with Crippen LogP contribution in [-0.2, 0) is 39.8 Å². The third-order valence-electron chi connectivity index (χ3n) is 7.92. The van der Waals surface area contributed by atoms with E-state index in [2.05, 4.69) is 22.9 Å². The zero-order chi connectivity index (χ0) is 32.2. The predicted octanol–water partition coefficient (Wildman–Crippen LogP) is 1.39. The van der Waals surface area contributed by atoms with Gasteiger partial charge < -0.3 is 34.9 Å². The molecule has 3 aliphatic rings. The summed E-state index contributed by atoms with van der Waals surface area (Å²) in [5.74, 6) is -0.672. The highest BCUT2D eigenvalue weighted by molar-refractivity contribution is 5.97. The molecule has 3 heterocycles. The topological polar surface area (TPSA) is 148 Å². The first-order valence-corrected chi connectivity index (χ1v) is 15.2. The molecule has 250 valence electrons. The number of nitrogens with zero attached hydrogens (tertiary/aromatic N) is 1. The molecule has 0 saturated carbocycles. The summed E-state index contributed by atoms with van der Waals surface area (Å²) in [5.41, 5.74) is 1.27. The van der Waals surface area contributed by atoms with Crippen LogP contribution in [0, 0.1) is 12.8 Å². The van der Waals surface area contributed by atoms with E-state index in [-0.39, 0.29) is 35.0 Å². The molecule has 0 spiro atoms. The lowest BCUT2D eigenvalue weighted by Gasteiger charge is -2.34. The fraction of sp³-hybridized carbons (Fsp3) is 0.515. The van der Waals surface area contributed by atoms with Crippen LogP contribution in [0.25, 0.3) is 0 Å². The van der Waals surface area contributed by atoms with E-state index in [1.807, 2.05) is 59.5 Å². The van der Waals surface area contributed by atoms with Crippen LogP contribution in [-0.4, -0.2) is 112 Å². The normalized spacial score (nSPS) is 20.7. The zero-order valence-corrected chi connectivity index (χ0v) is 26.2. The molecule has 5 rings (SSSR count). The smallest absolute Gasteiger partial charge is 0.243 e. The van der Waals surface area contributed by atoms with Crippen molar-refractivity contribution < 1.29 is 42.4 Å². The molecule has 0 aliphatic carbocycles. The summed E-state index contributed by atoms with van der Waals surface area (Å²) in [6.07, 6.45) is 0.317. The SMILES string of the molecule is COc1ccc(C)cc1.C[C@]1(C(=O)[C@H](Cc2ccccc2)NC(=O)CNC(=O)[C@@H](NC(=O)CN2CCOCC2)C2COC2)CO1.[HH].[HH].[HH]. The monoisotopic (exact) mass is 630 g/mol. The van der Waals surface area contributed by atoms with Gasteiger partial charge in [0, 0.05) is 23.3 Å². The van der Waals surface area contributed by atoms with Gasteiger partial charge in [0.25, 0.3) is 0 Å². The number of carbonyl (C=O) groups excluding carboxylic acids is 4. The number of morpholine rings is 1. The molecule has 12 heteroatoms. The van der Waals surface area contributed by atoms with Gasteiger partial charge in [0.15, 0.2) is 5.78 Å². The Kier molecular flexibility index (Phi) is 12.5. The van der Waals surface area contributed by atoms with Gasteiger partial charge in [0.1, 0.15) is 17.4 Å². The number of ether oxygens (including phenoxy) is 4. The average Bonchev–Trinajstić information content (AvgIpc) is 3.78. The molecule has 45 heavy (non-hydrogen) atoms. The minimum Gasteiger partial charge on any atom is -0.497 e. The van der Waals surface area contributed by atoms with E-state index in [1.165, 1.54) is 5.56 Å². The molecule has 0 aromatic heterocycles. The van der Waals surface area contributed by atoms with Gasteiger partial charge in [-0.15, -0.1) is 0 Å². The fourth-order valence-electron chi connectivity index (χ4n) is 4.90. The Morgan fingerprint density at radius 1 is 0.978 bits per heavy atom. The molecule has 3 aliphatic heterocycles. The molecule has 3 N–H and O–H groups in total. The average molecular weight is 631 g/mol. The second-order valence-corrected chi connectivity index (χ2v) is 11.7. The van der Waals surface area contributed by atoms with E-state index in [0.717, 1.165) is 11.3 Å². The van der Waals surface area contributed by atoms with E-state index in [4.69, 9.17) is 18.9 Å². The number of methoxy groups -OCH3 is 1. The van der Waals surface area contributed by atoms with E-state index in [0.29, 0.717) is 52.5 Å². The Morgan fingerprint density at radius 2 is 1.64 bits per heavy atom. The Labute approximate surface area is 268 Å². The molecule has 3 saturated heterocycles. The molecule has 2 aromatic carbocycles. The third-order valence-corrected chi connectivity index (χ3v) is 7.92. The number of ketones is 1. The van der Waals surface area contributed by atoms with Crippen LogP contribution in [0.2, 0.25) is 0 Å². The highest BCUT2D eigenvalue weighted by atomic mass is 16.6. The lowest BCUT2D eigenvalue weighted by Crippen LogP contribution is -2.59. The van der Waals surface area contributed by atoms with Crippen molar-refractivity contribution in [3.63, 3.8) is 0 Å². The number of amides is 3. The van der Waals surface area contributed by atoms with Gasteiger partial charge in [-0.05, 0) is 38.0 Å². The van der Waals surface area contributed by atoms with Crippen molar-refractivity contribution >= 4 is 23.5 Å². The Hall–Kier alpha value is -3.84. The van der Waals surface area contributed by atoms with Crippen LogP contribution in [0.5, 0.6) is 5.75 Å². The van der Waals surface area contributed by atoms with Crippen LogP contribution >= 0.6 is 0 Å². The number of hydrogen-bond donors (Lipinski definition) is 3. The minimum atomic E-state index is -0.893. The van der Waals surface area contributed by atoms with Crippen molar-refractivity contribution in [2.45, 2.75) is 38.0 Å². The predicted molar refractivity (Wildman–Crippen MR) is 172 cm³/mol. The minimum absolute atomic E-state index is 0. The van der Waals surface area contributed by atoms with E-state index < -0.39 is 29.5 Å². The lowest BCUT2D eigenvalue weighted by molar-refractivity contribution is -0.138. The number of carbonyl (C=O) groups is 4. The molecule has 0 bridgehead atoms. The first kappa shape index (κ1) is 34.0. The van der Waals surface area contributed by atoms with Crippen LogP contribution < -0.4 is 20.7 Å². The van der Waals surface area contributed by atoms with Gasteiger partial charge in [-0.25, -0.2) is 0 Å². The van der Waals surface area contributed by atoms with Crippen molar-refractivity contribution in [2.24, 2.45) is 5.92 Å². The standard InChI is InChI=1S/C25H34N4O7.C8H10O.3H2/c1-25(16-36-25)23(32)19(11-17-5-3-2-4-6-17)27-20(30)12-26-24(33)22(18-14-35-15-18)28-21(31)13-29-7-9-34-10-8-29;1-7-3-5-8(9-2)6-4-7;;;/h2-6,18-19,22H,7-16H2,1H3,(H,26,33)(H,27,30)(H,28,31);3-6H,1-2H3;3*1H/t19-,22-,25+;;;;/m0..../s1. The maximum atomic E-state index is 12.9. The molecular weight excluding hydrogens is 580 g/mol. The van der Waals surface area contributed by atoms with Crippen molar-refractivity contribution in [2.75, 3.05) is 66.3 Å². The number of benzene rings is 2. The second-order valence-electron chi connectivity index (χ2n) is 11.7. The maximum Gasteiger partial charge on any atom is 0.243 e. The van der Waals surface area contributed by atoms with Crippen molar-refractivity contribution in [3.05, 3.63) is 65.7 Å². The third kappa shape index (κ3) is 10.6. The molecule has 2 aromatic rings. The van der Waals surface area contributed by atoms with Gasteiger partial charge in [-0.1, -0.05) is 48.0 Å². The maximum absolute atomic E-state index is 12.9. The highest BCUT2D eigenvalue weighted by Crippen LogP contribution is 2.29. The van der Waals surface area contributed by atoms with Gasteiger partial charge in [0.2, 0.25) is 17.7 Å².